The van der Waals surface area contributed by atoms with Gasteiger partial charge in [0, 0.05) is 25.7 Å². The van der Waals surface area contributed by atoms with Crippen LogP contribution in [-0.4, -0.2) is 24.6 Å². The van der Waals surface area contributed by atoms with Crippen molar-refractivity contribution in [1.29, 1.82) is 0 Å². The summed E-state index contributed by atoms with van der Waals surface area (Å²) in [5.41, 5.74) is 6.85. The lowest BCUT2D eigenvalue weighted by Crippen LogP contribution is -2.10. The van der Waals surface area contributed by atoms with Gasteiger partial charge in [0.25, 0.3) is 0 Å². The molecule has 13 heavy (non-hydrogen) atoms. The largest absolute Gasteiger partial charge is 0.385 e. The van der Waals surface area contributed by atoms with E-state index in [0.29, 0.717) is 5.17 Å². The molecular formula is C8H15BrN2OS. The van der Waals surface area contributed by atoms with E-state index in [-0.39, 0.29) is 17.0 Å². The van der Waals surface area contributed by atoms with Crippen LogP contribution in [0.2, 0.25) is 0 Å². The van der Waals surface area contributed by atoms with Crippen LogP contribution in [0.25, 0.3) is 0 Å². The maximum atomic E-state index is 5.50. The molecule has 0 amide bonds. The Bertz CT molecular complexity index is 206. The number of nitrogens with zero attached hydrogens (tertiary/aromatic N) is 1. The summed E-state index contributed by atoms with van der Waals surface area (Å²) in [5.74, 6) is 0.985. The first-order valence-corrected chi connectivity index (χ1v) is 4.94. The van der Waals surface area contributed by atoms with Gasteiger partial charge in [-0.2, -0.15) is 0 Å². The van der Waals surface area contributed by atoms with Gasteiger partial charge in [0.1, 0.15) is 0 Å². The van der Waals surface area contributed by atoms with Gasteiger partial charge in [-0.15, -0.1) is 17.0 Å². The van der Waals surface area contributed by atoms with Crippen LogP contribution in [0.5, 0.6) is 0 Å². The summed E-state index contributed by atoms with van der Waals surface area (Å²) in [6, 6.07) is 0. The number of halogens is 1. The summed E-state index contributed by atoms with van der Waals surface area (Å²) in [4.78, 5) is 4.04. The van der Waals surface area contributed by atoms with E-state index in [1.165, 1.54) is 5.57 Å². The molecular weight excluding hydrogens is 252 g/mol. The lowest BCUT2D eigenvalue weighted by Gasteiger charge is -2.09. The fourth-order valence-electron chi connectivity index (χ4n) is 0.976. The zero-order chi connectivity index (χ0) is 8.81. The fourth-order valence-corrected chi connectivity index (χ4v) is 1.66. The van der Waals surface area contributed by atoms with Gasteiger partial charge in [0.15, 0.2) is 5.17 Å². The minimum Gasteiger partial charge on any atom is -0.385 e. The first-order chi connectivity index (χ1) is 5.83. The minimum atomic E-state index is 0. The van der Waals surface area contributed by atoms with E-state index >= 15 is 0 Å². The number of aliphatic imine (C=N–C) groups is 1. The SMILES string of the molecule is Br.COCCCC1=CN=C(N)SC1. The summed E-state index contributed by atoms with van der Waals surface area (Å²) in [5, 5.41) is 0.672. The topological polar surface area (TPSA) is 47.6 Å². The van der Waals surface area contributed by atoms with Crippen molar-refractivity contribution in [1.82, 2.24) is 0 Å². The predicted molar refractivity (Wildman–Crippen MR) is 63.6 cm³/mol. The highest BCUT2D eigenvalue weighted by Gasteiger charge is 2.04. The van der Waals surface area contributed by atoms with Crippen LogP contribution >= 0.6 is 28.7 Å². The van der Waals surface area contributed by atoms with Crippen molar-refractivity contribution in [2.45, 2.75) is 12.8 Å². The molecule has 0 fully saturated rings. The first-order valence-electron chi connectivity index (χ1n) is 3.96. The minimum absolute atomic E-state index is 0. The number of methoxy groups -OCH3 is 1. The van der Waals surface area contributed by atoms with Crippen molar-refractivity contribution in [3.63, 3.8) is 0 Å². The second-order valence-electron chi connectivity index (χ2n) is 2.64. The van der Waals surface area contributed by atoms with Gasteiger partial charge in [-0.05, 0) is 18.4 Å². The molecule has 1 heterocycles. The lowest BCUT2D eigenvalue weighted by atomic mass is 10.2. The van der Waals surface area contributed by atoms with E-state index in [4.69, 9.17) is 10.5 Å². The first kappa shape index (κ1) is 13.0. The molecule has 0 saturated carbocycles. The van der Waals surface area contributed by atoms with Crippen molar-refractivity contribution in [2.24, 2.45) is 10.7 Å². The number of thioether (sulfide) groups is 1. The van der Waals surface area contributed by atoms with E-state index in [9.17, 15) is 0 Å². The number of hydrogen-bond donors (Lipinski definition) is 1. The average Bonchev–Trinajstić information content (AvgIpc) is 2.09. The molecule has 0 spiro atoms. The molecule has 1 rings (SSSR count). The Labute approximate surface area is 93.6 Å². The van der Waals surface area contributed by atoms with Crippen LogP contribution in [0.15, 0.2) is 16.8 Å². The van der Waals surface area contributed by atoms with Gasteiger partial charge in [-0.25, -0.2) is 4.99 Å². The second kappa shape index (κ2) is 7.41. The van der Waals surface area contributed by atoms with Gasteiger partial charge in [-0.3, -0.25) is 0 Å². The quantitative estimate of drug-likeness (QED) is 0.792. The third-order valence-corrected chi connectivity index (χ3v) is 2.54. The molecule has 0 atom stereocenters. The third kappa shape index (κ3) is 5.33. The molecule has 0 bridgehead atoms. The Hall–Kier alpha value is -0.0000000000000000555. The molecule has 0 aromatic rings. The zero-order valence-corrected chi connectivity index (χ0v) is 10.2. The molecule has 0 unspecified atom stereocenters. The summed E-state index contributed by atoms with van der Waals surface area (Å²) in [6.45, 7) is 0.821. The van der Waals surface area contributed by atoms with Crippen molar-refractivity contribution >= 4 is 33.9 Å². The van der Waals surface area contributed by atoms with Crippen molar-refractivity contribution in [2.75, 3.05) is 19.5 Å². The Morgan fingerprint density at radius 3 is 3.00 bits per heavy atom. The van der Waals surface area contributed by atoms with E-state index in [1.807, 2.05) is 6.20 Å². The molecule has 76 valence electrons. The smallest absolute Gasteiger partial charge is 0.158 e. The van der Waals surface area contributed by atoms with Gasteiger partial charge in [0.2, 0.25) is 0 Å². The van der Waals surface area contributed by atoms with Crippen LogP contribution in [0, 0.1) is 0 Å². The van der Waals surface area contributed by atoms with Crippen molar-refractivity contribution in [3.05, 3.63) is 11.8 Å². The molecule has 5 heteroatoms. The van der Waals surface area contributed by atoms with E-state index in [1.54, 1.807) is 18.9 Å². The molecule has 3 nitrogen and oxygen atoms in total. The van der Waals surface area contributed by atoms with Crippen LogP contribution in [0.4, 0.5) is 0 Å². The molecule has 0 aromatic heterocycles. The number of hydrogen-bond acceptors (Lipinski definition) is 4. The fraction of sp³-hybridized carbons (Fsp3) is 0.625. The van der Waals surface area contributed by atoms with E-state index in [0.717, 1.165) is 25.2 Å². The van der Waals surface area contributed by atoms with Crippen LogP contribution in [0.3, 0.4) is 0 Å². The molecule has 1 aliphatic heterocycles. The Morgan fingerprint density at radius 2 is 2.46 bits per heavy atom. The summed E-state index contributed by atoms with van der Waals surface area (Å²) in [6.07, 6.45) is 4.01. The van der Waals surface area contributed by atoms with Crippen LogP contribution in [-0.2, 0) is 4.74 Å². The molecule has 0 aliphatic carbocycles. The van der Waals surface area contributed by atoms with E-state index < -0.39 is 0 Å². The molecule has 0 radical (unpaired) electrons. The summed E-state index contributed by atoms with van der Waals surface area (Å²) < 4.78 is 4.96. The number of rotatable bonds is 4. The molecule has 0 saturated heterocycles. The third-order valence-electron chi connectivity index (χ3n) is 1.63. The van der Waals surface area contributed by atoms with Crippen molar-refractivity contribution in [3.8, 4) is 0 Å². The van der Waals surface area contributed by atoms with Gasteiger partial charge < -0.3 is 10.5 Å². The second-order valence-corrected chi connectivity index (χ2v) is 3.64. The Morgan fingerprint density at radius 1 is 1.69 bits per heavy atom. The monoisotopic (exact) mass is 266 g/mol. The lowest BCUT2D eigenvalue weighted by molar-refractivity contribution is 0.195. The van der Waals surface area contributed by atoms with Gasteiger partial charge in [0.05, 0.1) is 0 Å². The van der Waals surface area contributed by atoms with Crippen LogP contribution in [0.1, 0.15) is 12.8 Å². The standard InChI is InChI=1S/C8H14N2OS.BrH/c1-11-4-2-3-7-5-10-8(9)12-6-7;/h5H,2-4,6H2,1H3,(H2,9,10);1H. The highest BCUT2D eigenvalue weighted by molar-refractivity contribution is 8.93. The highest BCUT2D eigenvalue weighted by atomic mass is 79.9. The molecule has 2 N–H and O–H groups in total. The van der Waals surface area contributed by atoms with Crippen LogP contribution < -0.4 is 5.73 Å². The van der Waals surface area contributed by atoms with Gasteiger partial charge in [-0.1, -0.05) is 11.8 Å². The van der Waals surface area contributed by atoms with Crippen molar-refractivity contribution < 1.29 is 4.74 Å². The highest BCUT2D eigenvalue weighted by Crippen LogP contribution is 2.17. The summed E-state index contributed by atoms with van der Waals surface area (Å²) in [7, 11) is 1.72. The Kier molecular flexibility index (Phi) is 7.41. The van der Waals surface area contributed by atoms with E-state index in [2.05, 4.69) is 4.99 Å². The molecule has 1 aliphatic rings. The average molecular weight is 267 g/mol. The normalized spacial score (nSPS) is 15.8. The molecule has 0 aromatic carbocycles. The maximum Gasteiger partial charge on any atom is 0.158 e. The summed E-state index contributed by atoms with van der Waals surface area (Å²) >= 11 is 1.60. The maximum absolute atomic E-state index is 5.50. The number of nitrogens with two attached hydrogens (primary N) is 1. The number of amidine groups is 1. The van der Waals surface area contributed by atoms with Gasteiger partial charge >= 0.3 is 0 Å². The Balaban J connectivity index is 0.00000144. The number of ether oxygens (including phenoxy) is 1. The predicted octanol–water partition coefficient (Wildman–Crippen LogP) is 1.94. The zero-order valence-electron chi connectivity index (χ0n) is 7.66.